The molecule has 0 aromatic heterocycles. The number of thiol groups is 1. The van der Waals surface area contributed by atoms with Crippen LogP contribution in [-0.2, 0) is 4.79 Å². The lowest BCUT2D eigenvalue weighted by Crippen LogP contribution is -2.27. The number of carbonyl (C=O) groups is 2. The first-order chi connectivity index (χ1) is 7.65. The van der Waals surface area contributed by atoms with Crippen LogP contribution in [0.15, 0.2) is 30.3 Å². The Bertz CT molecular complexity index is 368. The fraction of sp³-hybridized carbons (Fsp3) is 0.273. The molecule has 5 heteroatoms. The Morgan fingerprint density at radius 1 is 1.31 bits per heavy atom. The molecule has 86 valence electrons. The normalized spacial score (nSPS) is 12.1. The molecule has 1 unspecified atom stereocenters. The number of nitrogens with two attached hydrogens (primary N) is 1. The molecule has 3 nitrogen and oxygen atoms in total. The maximum atomic E-state index is 11.8. The first-order valence-electron chi connectivity index (χ1n) is 4.81. The van der Waals surface area contributed by atoms with E-state index in [0.717, 1.165) is 11.8 Å². The third kappa shape index (κ3) is 3.90. The van der Waals surface area contributed by atoms with Gasteiger partial charge in [0.1, 0.15) is 0 Å². The van der Waals surface area contributed by atoms with E-state index in [9.17, 15) is 9.59 Å². The maximum absolute atomic E-state index is 11.8. The lowest BCUT2D eigenvalue weighted by molar-refractivity contribution is -0.117. The van der Waals surface area contributed by atoms with Gasteiger partial charge >= 0.3 is 0 Å². The van der Waals surface area contributed by atoms with Gasteiger partial charge < -0.3 is 5.73 Å². The monoisotopic (exact) mass is 255 g/mol. The second-order valence-electron chi connectivity index (χ2n) is 3.17. The van der Waals surface area contributed by atoms with Crippen LogP contribution in [0.25, 0.3) is 0 Å². The molecule has 0 saturated carbocycles. The Labute approximate surface area is 104 Å². The second kappa shape index (κ2) is 6.60. The summed E-state index contributed by atoms with van der Waals surface area (Å²) in [6, 6.07) is 8.83. The smallest absolute Gasteiger partial charge is 0.231 e. The molecule has 0 spiro atoms. The number of rotatable bonds is 5. The van der Waals surface area contributed by atoms with E-state index in [1.165, 1.54) is 0 Å². The Balaban J connectivity index is 2.65. The van der Waals surface area contributed by atoms with Gasteiger partial charge in [0, 0.05) is 5.56 Å². The van der Waals surface area contributed by atoms with Crippen molar-refractivity contribution in [1.82, 2.24) is 0 Å². The highest BCUT2D eigenvalue weighted by molar-refractivity contribution is 8.15. The number of carbonyl (C=O) groups excluding carboxylic acids is 2. The number of hydrogen-bond acceptors (Lipinski definition) is 4. The zero-order valence-electron chi connectivity index (χ0n) is 8.63. The molecule has 0 fully saturated rings. The standard InChI is InChI=1S/C11H13NO2S2/c12-10(13)9(6-7-15)16-11(14)8-4-2-1-3-5-8/h1-5,9,15H,6-7H2,(H2,12,13). The first kappa shape index (κ1) is 13.1. The van der Waals surface area contributed by atoms with E-state index >= 15 is 0 Å². The fourth-order valence-electron chi connectivity index (χ4n) is 1.15. The Kier molecular flexibility index (Phi) is 5.42. The maximum Gasteiger partial charge on any atom is 0.231 e. The van der Waals surface area contributed by atoms with Gasteiger partial charge in [-0.1, -0.05) is 42.1 Å². The van der Waals surface area contributed by atoms with Gasteiger partial charge in [0.05, 0.1) is 5.25 Å². The summed E-state index contributed by atoms with van der Waals surface area (Å²) in [6.07, 6.45) is 0.502. The van der Waals surface area contributed by atoms with Crippen molar-refractivity contribution in [2.24, 2.45) is 5.73 Å². The van der Waals surface area contributed by atoms with Crippen LogP contribution >= 0.6 is 24.4 Å². The summed E-state index contributed by atoms with van der Waals surface area (Å²) in [4.78, 5) is 22.8. The highest BCUT2D eigenvalue weighted by atomic mass is 32.2. The molecule has 0 aliphatic rings. The number of benzene rings is 1. The summed E-state index contributed by atoms with van der Waals surface area (Å²) in [6.45, 7) is 0. The van der Waals surface area contributed by atoms with Gasteiger partial charge in [-0.2, -0.15) is 12.6 Å². The van der Waals surface area contributed by atoms with Gasteiger partial charge in [-0.3, -0.25) is 9.59 Å². The van der Waals surface area contributed by atoms with Crippen molar-refractivity contribution in [1.29, 1.82) is 0 Å². The number of hydrogen-bond donors (Lipinski definition) is 2. The van der Waals surface area contributed by atoms with E-state index in [0.29, 0.717) is 17.7 Å². The van der Waals surface area contributed by atoms with Crippen molar-refractivity contribution < 1.29 is 9.59 Å². The predicted octanol–water partition coefficient (Wildman–Crippen LogP) is 1.73. The van der Waals surface area contributed by atoms with Crippen LogP contribution in [0.3, 0.4) is 0 Å². The van der Waals surface area contributed by atoms with Crippen molar-refractivity contribution in [3.63, 3.8) is 0 Å². The minimum Gasteiger partial charge on any atom is -0.369 e. The van der Waals surface area contributed by atoms with Crippen molar-refractivity contribution in [2.45, 2.75) is 11.7 Å². The van der Waals surface area contributed by atoms with Crippen LogP contribution in [0.1, 0.15) is 16.8 Å². The van der Waals surface area contributed by atoms with E-state index in [4.69, 9.17) is 5.73 Å². The third-order valence-corrected chi connectivity index (χ3v) is 3.43. The summed E-state index contributed by atoms with van der Waals surface area (Å²) in [5.74, 6) is 0.0613. The van der Waals surface area contributed by atoms with E-state index in [-0.39, 0.29) is 5.12 Å². The first-order valence-corrected chi connectivity index (χ1v) is 6.32. The van der Waals surface area contributed by atoms with Crippen LogP contribution in [0.4, 0.5) is 0 Å². The van der Waals surface area contributed by atoms with Gasteiger partial charge in [-0.05, 0) is 12.2 Å². The Morgan fingerprint density at radius 3 is 2.44 bits per heavy atom. The summed E-state index contributed by atoms with van der Waals surface area (Å²) >= 11 is 5.00. The van der Waals surface area contributed by atoms with Crippen LogP contribution in [0, 0.1) is 0 Å². The van der Waals surface area contributed by atoms with Crippen LogP contribution in [0.2, 0.25) is 0 Å². The average Bonchev–Trinajstić information content (AvgIpc) is 2.29. The lowest BCUT2D eigenvalue weighted by Gasteiger charge is -2.10. The molecule has 0 aliphatic heterocycles. The number of primary amides is 1. The van der Waals surface area contributed by atoms with Gasteiger partial charge in [-0.15, -0.1) is 0 Å². The number of thioether (sulfide) groups is 1. The van der Waals surface area contributed by atoms with E-state index in [2.05, 4.69) is 12.6 Å². The molecule has 0 aliphatic carbocycles. The molecule has 16 heavy (non-hydrogen) atoms. The van der Waals surface area contributed by atoms with E-state index in [1.807, 2.05) is 6.07 Å². The number of amides is 1. The second-order valence-corrected chi connectivity index (χ2v) is 4.80. The molecule has 1 amide bonds. The van der Waals surface area contributed by atoms with Crippen LogP contribution in [-0.4, -0.2) is 22.0 Å². The summed E-state index contributed by atoms with van der Waals surface area (Å²) in [5.41, 5.74) is 5.78. The summed E-state index contributed by atoms with van der Waals surface area (Å²) in [7, 11) is 0. The molecule has 0 bridgehead atoms. The topological polar surface area (TPSA) is 60.2 Å². The lowest BCUT2D eigenvalue weighted by atomic mass is 10.2. The molecule has 2 N–H and O–H groups in total. The molecule has 1 atom stereocenters. The van der Waals surface area contributed by atoms with Crippen molar-refractivity contribution >= 4 is 35.4 Å². The zero-order chi connectivity index (χ0) is 12.0. The molecular weight excluding hydrogens is 242 g/mol. The summed E-state index contributed by atoms with van der Waals surface area (Å²) in [5, 5.41) is -0.628. The van der Waals surface area contributed by atoms with Gasteiger partial charge in [0.25, 0.3) is 0 Å². The molecule has 1 aromatic carbocycles. The van der Waals surface area contributed by atoms with Gasteiger partial charge in [0.15, 0.2) is 0 Å². The highest BCUT2D eigenvalue weighted by Crippen LogP contribution is 2.20. The molecular formula is C11H13NO2S2. The van der Waals surface area contributed by atoms with Gasteiger partial charge in [-0.25, -0.2) is 0 Å². The molecule has 1 aromatic rings. The minimum atomic E-state index is -0.495. The molecule has 0 heterocycles. The zero-order valence-corrected chi connectivity index (χ0v) is 10.3. The quantitative estimate of drug-likeness (QED) is 0.788. The molecule has 0 radical (unpaired) electrons. The minimum absolute atomic E-state index is 0.133. The van der Waals surface area contributed by atoms with Crippen molar-refractivity contribution in [2.75, 3.05) is 5.75 Å². The van der Waals surface area contributed by atoms with Gasteiger partial charge in [0.2, 0.25) is 11.0 Å². The van der Waals surface area contributed by atoms with E-state index < -0.39 is 11.2 Å². The van der Waals surface area contributed by atoms with Crippen LogP contribution < -0.4 is 5.73 Å². The van der Waals surface area contributed by atoms with Crippen LogP contribution in [0.5, 0.6) is 0 Å². The van der Waals surface area contributed by atoms with E-state index in [1.54, 1.807) is 24.3 Å². The molecule has 1 rings (SSSR count). The summed E-state index contributed by atoms with van der Waals surface area (Å²) < 4.78 is 0. The Morgan fingerprint density at radius 2 is 1.94 bits per heavy atom. The SMILES string of the molecule is NC(=O)C(CCS)SC(=O)c1ccccc1. The largest absolute Gasteiger partial charge is 0.369 e. The van der Waals surface area contributed by atoms with Crippen molar-refractivity contribution in [3.05, 3.63) is 35.9 Å². The molecule has 0 saturated heterocycles. The predicted molar refractivity (Wildman–Crippen MR) is 69.8 cm³/mol. The third-order valence-electron chi connectivity index (χ3n) is 1.97. The fourth-order valence-corrected chi connectivity index (χ4v) is 2.46. The average molecular weight is 255 g/mol. The van der Waals surface area contributed by atoms with Crippen molar-refractivity contribution in [3.8, 4) is 0 Å². The Hall–Kier alpha value is -0.940. The highest BCUT2D eigenvalue weighted by Gasteiger charge is 2.20.